The largest absolute Gasteiger partial charge is 0.397 e. The van der Waals surface area contributed by atoms with Gasteiger partial charge < -0.3 is 11.5 Å². The van der Waals surface area contributed by atoms with Crippen LogP contribution in [0.1, 0.15) is 0 Å². The second kappa shape index (κ2) is 5.17. The number of nitrogen functional groups attached to an aromatic ring is 2. The normalized spacial score (nSPS) is 13.6. The molecular weight excluding hydrogens is 284 g/mol. The van der Waals surface area contributed by atoms with Gasteiger partial charge in [0.15, 0.2) is 0 Å². The highest BCUT2D eigenvalue weighted by molar-refractivity contribution is 5.78. The van der Waals surface area contributed by atoms with Gasteiger partial charge in [-0.3, -0.25) is 0 Å². The Hall–Kier alpha value is -3.42. The van der Waals surface area contributed by atoms with E-state index in [4.69, 9.17) is 11.5 Å². The van der Waals surface area contributed by atoms with Gasteiger partial charge in [-0.15, -0.1) is 0 Å². The Morgan fingerprint density at radius 3 is 1.41 bits per heavy atom. The first-order valence-corrected chi connectivity index (χ1v) is 6.26. The minimum atomic E-state index is -0.474. The number of benzene rings is 2. The van der Waals surface area contributed by atoms with Crippen molar-refractivity contribution in [1.82, 2.24) is 0 Å². The zero-order chi connectivity index (χ0) is 15.7. The fourth-order valence-corrected chi connectivity index (χ4v) is 1.97. The molecule has 2 aliphatic heterocycles. The molecule has 4 amide bonds. The third-order valence-electron chi connectivity index (χ3n) is 2.94. The summed E-state index contributed by atoms with van der Waals surface area (Å²) in [4.78, 5) is 35.8. The molecule has 0 radical (unpaired) electrons. The number of anilines is 2. The summed E-state index contributed by atoms with van der Waals surface area (Å²) in [7, 11) is 0. The second-order valence-electron chi connectivity index (χ2n) is 4.44. The molecule has 22 heavy (non-hydrogen) atoms. The number of hydrogen-bond acceptors (Lipinski definition) is 4. The number of fused-ring (bicyclic) bond motifs is 2. The molecule has 0 saturated carbocycles. The molecule has 8 heteroatoms. The molecule has 0 unspecified atom stereocenters. The van der Waals surface area contributed by atoms with Gasteiger partial charge in [0, 0.05) is 0 Å². The Balaban J connectivity index is 0.000000131. The van der Waals surface area contributed by atoms with Crippen LogP contribution in [0.4, 0.5) is 21.0 Å². The first-order chi connectivity index (χ1) is 10.5. The number of nitrogens with two attached hydrogens (primary N) is 2. The summed E-state index contributed by atoms with van der Waals surface area (Å²) in [5, 5.41) is 2.13. The van der Waals surface area contributed by atoms with Crippen LogP contribution in [-0.4, -0.2) is 12.1 Å². The highest BCUT2D eigenvalue weighted by Crippen LogP contribution is 1.92. The number of amides is 4. The smallest absolute Gasteiger partial charge is 0.368 e. The van der Waals surface area contributed by atoms with E-state index in [1.165, 1.54) is 0 Å². The van der Waals surface area contributed by atoms with Crippen molar-refractivity contribution in [1.29, 1.82) is 0 Å². The first kappa shape index (κ1) is 13.6. The molecule has 2 aromatic rings. The lowest BCUT2D eigenvalue weighted by molar-refractivity contribution is 0.256. The Kier molecular flexibility index (Phi) is 3.18. The van der Waals surface area contributed by atoms with Gasteiger partial charge >= 0.3 is 12.1 Å². The average Bonchev–Trinajstić information content (AvgIpc) is 3.03. The van der Waals surface area contributed by atoms with Crippen molar-refractivity contribution in [3.8, 4) is 0 Å². The van der Waals surface area contributed by atoms with E-state index in [0.29, 0.717) is 32.8 Å². The van der Waals surface area contributed by atoms with E-state index in [-0.39, 0.29) is 0 Å². The molecule has 8 nitrogen and oxygen atoms in total. The topological polar surface area (TPSA) is 136 Å². The van der Waals surface area contributed by atoms with E-state index in [2.05, 4.69) is 20.0 Å². The van der Waals surface area contributed by atoms with Crippen molar-refractivity contribution in [3.05, 3.63) is 57.8 Å². The molecule has 0 aliphatic carbocycles. The van der Waals surface area contributed by atoms with Crippen molar-refractivity contribution >= 4 is 23.4 Å². The fraction of sp³-hybridized carbons (Fsp3) is 0. The zero-order valence-corrected chi connectivity index (χ0v) is 11.2. The lowest BCUT2D eigenvalue weighted by Crippen LogP contribution is -2.24. The van der Waals surface area contributed by atoms with Gasteiger partial charge in [-0.1, -0.05) is 12.1 Å². The van der Waals surface area contributed by atoms with Crippen molar-refractivity contribution in [3.63, 3.8) is 0 Å². The van der Waals surface area contributed by atoms with Gasteiger partial charge in [-0.25, -0.2) is 9.59 Å². The number of carbonyl (C=O) groups is 2. The van der Waals surface area contributed by atoms with E-state index in [9.17, 15) is 9.59 Å². The molecular formula is C14H10N6O2. The monoisotopic (exact) mass is 294 g/mol. The van der Waals surface area contributed by atoms with Crippen LogP contribution in [0.3, 0.4) is 0 Å². The van der Waals surface area contributed by atoms with Gasteiger partial charge in [0.1, 0.15) is 10.7 Å². The Bertz CT molecular complexity index is 956. The molecule has 0 fully saturated rings. The molecule has 2 aliphatic rings. The highest BCUT2D eigenvalue weighted by atomic mass is 16.2. The summed E-state index contributed by atoms with van der Waals surface area (Å²) in [5.41, 5.74) is 12.1. The number of rotatable bonds is 0. The minimum Gasteiger partial charge on any atom is -0.397 e. The van der Waals surface area contributed by atoms with Gasteiger partial charge in [0.2, 0.25) is 0 Å². The van der Waals surface area contributed by atoms with Crippen LogP contribution in [0.2, 0.25) is 0 Å². The van der Waals surface area contributed by atoms with E-state index >= 15 is 0 Å². The minimum absolute atomic E-state index is 0.474. The van der Waals surface area contributed by atoms with Crippen molar-refractivity contribution < 1.29 is 9.59 Å². The Morgan fingerprint density at radius 1 is 0.636 bits per heavy atom. The first-order valence-electron chi connectivity index (χ1n) is 6.26. The van der Waals surface area contributed by atoms with E-state index in [1.54, 1.807) is 36.4 Å². The maximum atomic E-state index is 10.7. The summed E-state index contributed by atoms with van der Waals surface area (Å²) in [6.07, 6.45) is 0. The number of nitrogens with zero attached hydrogens (tertiary/aromatic N) is 4. The SMILES string of the molecule is Nc1cccc2c1=NC(=O)N=2.Nc1cccc2c1=NC(=O)N=2. The van der Waals surface area contributed by atoms with E-state index < -0.39 is 12.1 Å². The van der Waals surface area contributed by atoms with Gasteiger partial charge in [0.05, 0.1) is 22.1 Å². The molecule has 0 bridgehead atoms. The predicted octanol–water partition coefficient (Wildman–Crippen LogP) is -0.717. The molecule has 0 saturated heterocycles. The number of para-hydroxylation sites is 2. The fourth-order valence-electron chi connectivity index (χ4n) is 1.97. The number of carbonyl (C=O) groups excluding carboxylic acids is 2. The molecule has 4 rings (SSSR count). The number of hydrogen-bond donors (Lipinski definition) is 2. The standard InChI is InChI=1S/2C7H5N3O/c2*8-4-2-1-3-5-6(4)10-7(11)9-5/h2*1-3H,8H2. The molecule has 0 spiro atoms. The molecule has 4 N–H and O–H groups in total. The average molecular weight is 294 g/mol. The molecule has 0 atom stereocenters. The lowest BCUT2D eigenvalue weighted by Gasteiger charge is -1.86. The Labute approximate surface area is 123 Å². The molecule has 0 aromatic heterocycles. The maximum Gasteiger partial charge on any atom is 0.368 e. The van der Waals surface area contributed by atoms with Crippen LogP contribution >= 0.6 is 0 Å². The van der Waals surface area contributed by atoms with Crippen LogP contribution in [0.15, 0.2) is 56.4 Å². The van der Waals surface area contributed by atoms with Crippen molar-refractivity contribution in [2.75, 3.05) is 11.5 Å². The number of urea groups is 2. The van der Waals surface area contributed by atoms with Crippen LogP contribution in [0.5, 0.6) is 0 Å². The van der Waals surface area contributed by atoms with Crippen LogP contribution in [0, 0.1) is 0 Å². The van der Waals surface area contributed by atoms with Gasteiger partial charge in [-0.05, 0) is 24.3 Å². The molecule has 2 aromatic carbocycles. The summed E-state index contributed by atoms with van der Waals surface area (Å²) in [6.45, 7) is 0. The highest BCUT2D eigenvalue weighted by Gasteiger charge is 2.06. The van der Waals surface area contributed by atoms with Crippen molar-refractivity contribution in [2.24, 2.45) is 20.0 Å². The Morgan fingerprint density at radius 2 is 1.05 bits per heavy atom. The quantitative estimate of drug-likeness (QED) is 0.620. The third-order valence-corrected chi connectivity index (χ3v) is 2.94. The van der Waals surface area contributed by atoms with E-state index in [1.807, 2.05) is 0 Å². The molecule has 108 valence electrons. The summed E-state index contributed by atoms with van der Waals surface area (Å²) in [5.74, 6) is 0. The van der Waals surface area contributed by atoms with Crippen LogP contribution < -0.4 is 32.9 Å². The summed E-state index contributed by atoms with van der Waals surface area (Å²) < 4.78 is 0. The zero-order valence-electron chi connectivity index (χ0n) is 11.2. The van der Waals surface area contributed by atoms with E-state index in [0.717, 1.165) is 0 Å². The predicted molar refractivity (Wildman–Crippen MR) is 77.1 cm³/mol. The van der Waals surface area contributed by atoms with Gasteiger partial charge in [0.25, 0.3) is 0 Å². The summed E-state index contributed by atoms with van der Waals surface area (Å²) in [6, 6.07) is 9.33. The third kappa shape index (κ3) is 2.44. The van der Waals surface area contributed by atoms with Crippen molar-refractivity contribution in [2.45, 2.75) is 0 Å². The lowest BCUT2D eigenvalue weighted by atomic mass is 10.3. The maximum absolute atomic E-state index is 10.7. The van der Waals surface area contributed by atoms with Crippen LogP contribution in [-0.2, 0) is 0 Å². The van der Waals surface area contributed by atoms with Gasteiger partial charge in [-0.2, -0.15) is 20.0 Å². The summed E-state index contributed by atoms with van der Waals surface area (Å²) >= 11 is 0. The second-order valence-corrected chi connectivity index (χ2v) is 4.44. The van der Waals surface area contributed by atoms with Crippen LogP contribution in [0.25, 0.3) is 0 Å². The molecule has 2 heterocycles.